The topological polar surface area (TPSA) is 56.1 Å². The maximum atomic E-state index is 12.5. The summed E-state index contributed by atoms with van der Waals surface area (Å²) in [5.74, 6) is 0.391. The zero-order valence-electron chi connectivity index (χ0n) is 14.1. The lowest BCUT2D eigenvalue weighted by atomic mass is 10.1. The molecule has 1 aromatic carbocycles. The van der Waals surface area contributed by atoms with Crippen LogP contribution < -0.4 is 10.1 Å². The molecule has 2 aromatic heterocycles. The monoisotopic (exact) mass is 341 g/mol. The number of aromatic nitrogens is 2. The van der Waals surface area contributed by atoms with Gasteiger partial charge in [-0.15, -0.1) is 11.3 Å². The van der Waals surface area contributed by atoms with Crippen LogP contribution in [-0.2, 0) is 0 Å². The van der Waals surface area contributed by atoms with Crippen LogP contribution in [0.1, 0.15) is 26.5 Å². The summed E-state index contributed by atoms with van der Waals surface area (Å²) >= 11 is 1.35. The van der Waals surface area contributed by atoms with Crippen LogP contribution in [0.25, 0.3) is 5.69 Å². The van der Waals surface area contributed by atoms with Gasteiger partial charge in [-0.25, -0.2) is 4.68 Å². The molecule has 0 radical (unpaired) electrons. The van der Waals surface area contributed by atoms with E-state index in [4.69, 9.17) is 4.74 Å². The SMILES string of the molecule is COc1ccsc1C(=O)Nc1cnn(-c2cc(C)ccc2C)c1C. The molecule has 0 aliphatic heterocycles. The number of carbonyl (C=O) groups is 1. The number of thiophene rings is 1. The van der Waals surface area contributed by atoms with Crippen molar-refractivity contribution in [3.63, 3.8) is 0 Å². The lowest BCUT2D eigenvalue weighted by molar-refractivity contribution is 0.102. The molecule has 0 atom stereocenters. The summed E-state index contributed by atoms with van der Waals surface area (Å²) in [6.45, 7) is 6.04. The number of rotatable bonds is 4. The summed E-state index contributed by atoms with van der Waals surface area (Å²) < 4.78 is 7.06. The number of amides is 1. The molecule has 0 spiro atoms. The van der Waals surface area contributed by atoms with Gasteiger partial charge < -0.3 is 10.1 Å². The van der Waals surface area contributed by atoms with E-state index in [9.17, 15) is 4.79 Å². The Balaban J connectivity index is 1.90. The second-order valence-corrected chi connectivity index (χ2v) is 6.53. The summed E-state index contributed by atoms with van der Waals surface area (Å²) in [5, 5.41) is 9.19. The Morgan fingerprint density at radius 1 is 1.25 bits per heavy atom. The van der Waals surface area contributed by atoms with Crippen molar-refractivity contribution in [1.82, 2.24) is 9.78 Å². The molecule has 0 saturated carbocycles. The molecular weight excluding hydrogens is 322 g/mol. The highest BCUT2D eigenvalue weighted by Crippen LogP contribution is 2.27. The molecule has 2 heterocycles. The molecule has 1 N–H and O–H groups in total. The van der Waals surface area contributed by atoms with E-state index >= 15 is 0 Å². The number of anilines is 1. The minimum absolute atomic E-state index is 0.189. The lowest BCUT2D eigenvalue weighted by Crippen LogP contribution is -2.12. The highest BCUT2D eigenvalue weighted by molar-refractivity contribution is 7.12. The zero-order valence-corrected chi connectivity index (χ0v) is 14.9. The first-order valence-corrected chi connectivity index (χ1v) is 8.44. The number of nitrogens with one attached hydrogen (secondary N) is 1. The van der Waals surface area contributed by atoms with Crippen molar-refractivity contribution < 1.29 is 9.53 Å². The first kappa shape index (κ1) is 16.3. The molecule has 3 rings (SSSR count). The standard InChI is InChI=1S/C18H19N3O2S/c1-11-5-6-12(2)15(9-11)21-13(3)14(10-19-21)20-18(22)17-16(23-4)7-8-24-17/h5-10H,1-4H3,(H,20,22). The number of carbonyl (C=O) groups excluding carboxylic acids is 1. The van der Waals surface area contributed by atoms with Crippen LogP contribution in [0.3, 0.4) is 0 Å². The Hall–Kier alpha value is -2.60. The highest BCUT2D eigenvalue weighted by Gasteiger charge is 2.17. The third-order valence-corrected chi connectivity index (χ3v) is 4.80. The number of nitrogens with zero attached hydrogens (tertiary/aromatic N) is 2. The number of aryl methyl sites for hydroxylation is 2. The first-order chi connectivity index (χ1) is 11.5. The predicted molar refractivity (Wildman–Crippen MR) is 96.6 cm³/mol. The Morgan fingerprint density at radius 3 is 2.79 bits per heavy atom. The van der Waals surface area contributed by atoms with Gasteiger partial charge >= 0.3 is 0 Å². The molecule has 1 amide bonds. The van der Waals surface area contributed by atoms with Crippen LogP contribution in [0.2, 0.25) is 0 Å². The van der Waals surface area contributed by atoms with E-state index in [0.717, 1.165) is 16.9 Å². The van der Waals surface area contributed by atoms with Gasteiger partial charge in [0.15, 0.2) is 0 Å². The lowest BCUT2D eigenvalue weighted by Gasteiger charge is -2.10. The second-order valence-electron chi connectivity index (χ2n) is 5.62. The average molecular weight is 341 g/mol. The van der Waals surface area contributed by atoms with Gasteiger partial charge in [0.05, 0.1) is 30.4 Å². The van der Waals surface area contributed by atoms with Gasteiger partial charge in [-0.2, -0.15) is 5.10 Å². The van der Waals surface area contributed by atoms with Crippen molar-refractivity contribution in [2.45, 2.75) is 20.8 Å². The molecule has 124 valence electrons. The van der Waals surface area contributed by atoms with E-state index in [2.05, 4.69) is 28.6 Å². The molecule has 3 aromatic rings. The van der Waals surface area contributed by atoms with Gasteiger partial charge in [-0.3, -0.25) is 4.79 Å². The van der Waals surface area contributed by atoms with Crippen LogP contribution in [0.15, 0.2) is 35.8 Å². The third kappa shape index (κ3) is 2.92. The van der Waals surface area contributed by atoms with Crippen LogP contribution >= 0.6 is 11.3 Å². The van der Waals surface area contributed by atoms with E-state index in [1.807, 2.05) is 30.8 Å². The van der Waals surface area contributed by atoms with Crippen LogP contribution in [0, 0.1) is 20.8 Å². The summed E-state index contributed by atoms with van der Waals surface area (Å²) in [6.07, 6.45) is 1.68. The smallest absolute Gasteiger partial charge is 0.269 e. The Morgan fingerprint density at radius 2 is 2.04 bits per heavy atom. The van der Waals surface area contributed by atoms with Crippen molar-refractivity contribution in [2.24, 2.45) is 0 Å². The first-order valence-electron chi connectivity index (χ1n) is 7.56. The minimum atomic E-state index is -0.189. The van der Waals surface area contributed by atoms with E-state index in [-0.39, 0.29) is 5.91 Å². The van der Waals surface area contributed by atoms with Crippen molar-refractivity contribution in [3.05, 3.63) is 57.5 Å². The molecule has 0 aliphatic rings. The van der Waals surface area contributed by atoms with E-state index < -0.39 is 0 Å². The molecule has 0 saturated heterocycles. The summed E-state index contributed by atoms with van der Waals surface area (Å²) in [7, 11) is 1.56. The fourth-order valence-corrected chi connectivity index (χ4v) is 3.28. The molecule has 0 fully saturated rings. The Kier molecular flexibility index (Phi) is 4.40. The third-order valence-electron chi connectivity index (χ3n) is 3.91. The largest absolute Gasteiger partial charge is 0.495 e. The molecule has 0 bridgehead atoms. The van der Waals surface area contributed by atoms with Crippen molar-refractivity contribution >= 4 is 22.9 Å². The summed E-state index contributed by atoms with van der Waals surface area (Å²) in [5.41, 5.74) is 4.88. The normalized spacial score (nSPS) is 10.7. The predicted octanol–water partition coefficient (Wildman–Crippen LogP) is 4.12. The van der Waals surface area contributed by atoms with Crippen LogP contribution in [-0.4, -0.2) is 22.8 Å². The molecule has 24 heavy (non-hydrogen) atoms. The van der Waals surface area contributed by atoms with Gasteiger partial charge in [-0.05, 0) is 49.4 Å². The van der Waals surface area contributed by atoms with Gasteiger partial charge in [0.1, 0.15) is 10.6 Å². The number of hydrogen-bond donors (Lipinski definition) is 1. The van der Waals surface area contributed by atoms with E-state index in [0.29, 0.717) is 16.3 Å². The number of hydrogen-bond acceptors (Lipinski definition) is 4. The minimum Gasteiger partial charge on any atom is -0.495 e. The molecule has 0 unspecified atom stereocenters. The Bertz CT molecular complexity index is 896. The zero-order chi connectivity index (χ0) is 17.3. The van der Waals surface area contributed by atoms with Crippen LogP contribution in [0.4, 0.5) is 5.69 Å². The van der Waals surface area contributed by atoms with Crippen LogP contribution in [0.5, 0.6) is 5.75 Å². The van der Waals surface area contributed by atoms with Gasteiger partial charge in [-0.1, -0.05) is 12.1 Å². The number of methoxy groups -OCH3 is 1. The molecule has 6 heteroatoms. The van der Waals surface area contributed by atoms with Crippen molar-refractivity contribution in [1.29, 1.82) is 0 Å². The molecule has 5 nitrogen and oxygen atoms in total. The van der Waals surface area contributed by atoms with E-state index in [1.54, 1.807) is 19.4 Å². The Labute approximate surface area is 144 Å². The maximum absolute atomic E-state index is 12.5. The second kappa shape index (κ2) is 6.49. The maximum Gasteiger partial charge on any atom is 0.269 e. The fourth-order valence-electron chi connectivity index (χ4n) is 2.53. The van der Waals surface area contributed by atoms with Gasteiger partial charge in [0.2, 0.25) is 0 Å². The highest BCUT2D eigenvalue weighted by atomic mass is 32.1. The van der Waals surface area contributed by atoms with Crippen molar-refractivity contribution in [2.75, 3.05) is 12.4 Å². The van der Waals surface area contributed by atoms with Gasteiger partial charge in [0, 0.05) is 0 Å². The molecule has 0 aliphatic carbocycles. The number of benzene rings is 1. The molecular formula is C18H19N3O2S. The summed E-state index contributed by atoms with van der Waals surface area (Å²) in [6, 6.07) is 8.01. The number of ether oxygens (including phenoxy) is 1. The average Bonchev–Trinajstić information content (AvgIpc) is 3.17. The van der Waals surface area contributed by atoms with E-state index in [1.165, 1.54) is 16.9 Å². The van der Waals surface area contributed by atoms with Crippen molar-refractivity contribution in [3.8, 4) is 11.4 Å². The quantitative estimate of drug-likeness (QED) is 0.776. The summed E-state index contributed by atoms with van der Waals surface area (Å²) in [4.78, 5) is 13.0. The fraction of sp³-hybridized carbons (Fsp3) is 0.222. The van der Waals surface area contributed by atoms with Gasteiger partial charge in [0.25, 0.3) is 5.91 Å².